The average molecular weight is 370 g/mol. The summed E-state index contributed by atoms with van der Waals surface area (Å²) < 4.78 is 6.00. The number of nitrogens with one attached hydrogen (secondary N) is 1. The number of amides is 1. The largest absolute Gasteiger partial charge is 0.481 e. The summed E-state index contributed by atoms with van der Waals surface area (Å²) in [4.78, 5) is 12.7. The summed E-state index contributed by atoms with van der Waals surface area (Å²) in [5, 5.41) is 3.19. The molecule has 5 rings (SSSR count). The smallest absolute Gasteiger partial charge is 0.261 e. The molecule has 0 heterocycles. The van der Waals surface area contributed by atoms with Crippen LogP contribution in [0.1, 0.15) is 69.4 Å². The molecule has 4 saturated carbocycles. The van der Waals surface area contributed by atoms with Crippen LogP contribution in [-0.2, 0) is 4.79 Å². The van der Waals surface area contributed by atoms with Gasteiger partial charge in [0.25, 0.3) is 5.91 Å². The van der Waals surface area contributed by atoms with Gasteiger partial charge in [0.1, 0.15) is 5.75 Å². The molecule has 1 amide bonds. The molecule has 4 aliphatic rings. The van der Waals surface area contributed by atoms with E-state index in [1.807, 2.05) is 19.1 Å². The van der Waals surface area contributed by atoms with Crippen molar-refractivity contribution in [2.75, 3.05) is 6.54 Å². The van der Waals surface area contributed by atoms with Crippen LogP contribution in [0.5, 0.6) is 5.75 Å². The normalized spacial score (nSPS) is 32.3. The molecule has 0 aliphatic heterocycles. The van der Waals surface area contributed by atoms with Crippen LogP contribution in [0.4, 0.5) is 0 Å². The standard InChI is InChI=1S/C24H35NO2/c1-4-22(27-21-6-5-16(2)17(3)9-21)23(26)25-8-7-24-13-18-10-19(14-24)12-20(11-18)15-24/h5-6,9,18-20,22H,4,7-8,10-15H2,1-3H3,(H,25,26)/t18?,19?,20?,22-,24?/m1/s1. The fourth-order valence-electron chi connectivity index (χ4n) is 6.43. The quantitative estimate of drug-likeness (QED) is 0.719. The van der Waals surface area contributed by atoms with Crippen LogP contribution >= 0.6 is 0 Å². The highest BCUT2D eigenvalue weighted by atomic mass is 16.5. The summed E-state index contributed by atoms with van der Waals surface area (Å²) >= 11 is 0. The first kappa shape index (κ1) is 18.8. The van der Waals surface area contributed by atoms with Gasteiger partial charge in [0, 0.05) is 6.54 Å². The van der Waals surface area contributed by atoms with E-state index in [-0.39, 0.29) is 5.91 Å². The third kappa shape index (κ3) is 4.02. The summed E-state index contributed by atoms with van der Waals surface area (Å²) in [6, 6.07) is 6.05. The van der Waals surface area contributed by atoms with E-state index in [1.165, 1.54) is 49.7 Å². The van der Waals surface area contributed by atoms with Crippen molar-refractivity contribution in [2.45, 2.75) is 78.2 Å². The Morgan fingerprint density at radius 3 is 2.30 bits per heavy atom. The molecule has 3 nitrogen and oxygen atoms in total. The maximum Gasteiger partial charge on any atom is 0.261 e. The van der Waals surface area contributed by atoms with Gasteiger partial charge in [-0.15, -0.1) is 0 Å². The lowest BCUT2D eigenvalue weighted by atomic mass is 9.49. The first-order valence-electron chi connectivity index (χ1n) is 11.0. The van der Waals surface area contributed by atoms with Crippen LogP contribution in [0.2, 0.25) is 0 Å². The van der Waals surface area contributed by atoms with Crippen molar-refractivity contribution in [3.05, 3.63) is 29.3 Å². The highest BCUT2D eigenvalue weighted by Gasteiger charge is 2.50. The van der Waals surface area contributed by atoms with Crippen LogP contribution in [0.25, 0.3) is 0 Å². The van der Waals surface area contributed by atoms with Crippen LogP contribution < -0.4 is 10.1 Å². The van der Waals surface area contributed by atoms with E-state index in [1.54, 1.807) is 0 Å². The molecule has 148 valence electrons. The Morgan fingerprint density at radius 1 is 1.11 bits per heavy atom. The van der Waals surface area contributed by atoms with Gasteiger partial charge in [-0.3, -0.25) is 4.79 Å². The van der Waals surface area contributed by atoms with Crippen LogP contribution in [0.15, 0.2) is 18.2 Å². The van der Waals surface area contributed by atoms with E-state index in [4.69, 9.17) is 4.74 Å². The number of hydrogen-bond acceptors (Lipinski definition) is 2. The minimum absolute atomic E-state index is 0.0421. The second-order valence-electron chi connectivity index (χ2n) is 9.72. The monoisotopic (exact) mass is 369 g/mol. The number of ether oxygens (including phenoxy) is 1. The van der Waals surface area contributed by atoms with Crippen molar-refractivity contribution >= 4 is 5.91 Å². The second-order valence-corrected chi connectivity index (χ2v) is 9.72. The molecule has 4 bridgehead atoms. The Labute approximate surface area is 164 Å². The molecule has 1 aromatic carbocycles. The Bertz CT molecular complexity index is 660. The van der Waals surface area contributed by atoms with E-state index >= 15 is 0 Å². The summed E-state index contributed by atoms with van der Waals surface area (Å²) in [6.45, 7) is 6.99. The molecule has 0 radical (unpaired) electrons. The first-order valence-corrected chi connectivity index (χ1v) is 11.0. The molecule has 0 saturated heterocycles. The lowest BCUT2D eigenvalue weighted by Crippen LogP contribution is -2.48. The van der Waals surface area contributed by atoms with E-state index in [0.717, 1.165) is 36.5 Å². The van der Waals surface area contributed by atoms with Gasteiger partial charge in [0.15, 0.2) is 6.10 Å². The van der Waals surface area contributed by atoms with Crippen LogP contribution in [0.3, 0.4) is 0 Å². The number of aryl methyl sites for hydroxylation is 2. The van der Waals surface area contributed by atoms with Gasteiger partial charge in [-0.2, -0.15) is 0 Å². The summed E-state index contributed by atoms with van der Waals surface area (Å²) in [7, 11) is 0. The van der Waals surface area contributed by atoms with Gasteiger partial charge in [-0.25, -0.2) is 0 Å². The topological polar surface area (TPSA) is 38.3 Å². The molecular formula is C24H35NO2. The molecule has 3 heteroatoms. The molecule has 0 aromatic heterocycles. The number of carbonyl (C=O) groups excluding carboxylic acids is 1. The number of carbonyl (C=O) groups is 1. The molecule has 1 atom stereocenters. The van der Waals surface area contributed by atoms with E-state index < -0.39 is 6.10 Å². The molecule has 27 heavy (non-hydrogen) atoms. The van der Waals surface area contributed by atoms with Crippen LogP contribution in [0, 0.1) is 37.0 Å². The highest BCUT2D eigenvalue weighted by Crippen LogP contribution is 2.61. The van der Waals surface area contributed by atoms with E-state index in [9.17, 15) is 4.79 Å². The summed E-state index contributed by atoms with van der Waals surface area (Å²) in [6.07, 6.45) is 10.1. The Balaban J connectivity index is 1.29. The minimum Gasteiger partial charge on any atom is -0.481 e. The highest BCUT2D eigenvalue weighted by molar-refractivity contribution is 5.81. The molecule has 0 spiro atoms. The molecule has 1 aromatic rings. The first-order chi connectivity index (χ1) is 13.0. The fourth-order valence-corrected chi connectivity index (χ4v) is 6.43. The number of benzene rings is 1. The zero-order valence-electron chi connectivity index (χ0n) is 17.2. The SMILES string of the molecule is CC[C@@H](Oc1ccc(C)c(C)c1)C(=O)NCCC12CC3CC(CC(C3)C1)C2. The van der Waals surface area contributed by atoms with Crippen LogP contribution in [-0.4, -0.2) is 18.6 Å². The van der Waals surface area contributed by atoms with Crippen molar-refractivity contribution in [1.82, 2.24) is 5.32 Å². The van der Waals surface area contributed by atoms with Crippen molar-refractivity contribution in [3.8, 4) is 5.75 Å². The maximum absolute atomic E-state index is 12.7. The van der Waals surface area contributed by atoms with Gasteiger partial charge in [-0.05, 0) is 112 Å². The Morgan fingerprint density at radius 2 is 1.74 bits per heavy atom. The third-order valence-corrected chi connectivity index (χ3v) is 7.54. The zero-order chi connectivity index (χ0) is 19.0. The van der Waals surface area contributed by atoms with Crippen molar-refractivity contribution in [3.63, 3.8) is 0 Å². The second kappa shape index (κ2) is 7.48. The minimum atomic E-state index is -0.400. The molecule has 0 unspecified atom stereocenters. The van der Waals surface area contributed by atoms with Gasteiger partial charge < -0.3 is 10.1 Å². The number of hydrogen-bond donors (Lipinski definition) is 1. The van der Waals surface area contributed by atoms with Gasteiger partial charge >= 0.3 is 0 Å². The summed E-state index contributed by atoms with van der Waals surface area (Å²) in [5.74, 6) is 3.76. The molecule has 1 N–H and O–H groups in total. The molecule has 4 aliphatic carbocycles. The van der Waals surface area contributed by atoms with Crippen molar-refractivity contribution < 1.29 is 9.53 Å². The third-order valence-electron chi connectivity index (χ3n) is 7.54. The molecule has 4 fully saturated rings. The lowest BCUT2D eigenvalue weighted by molar-refractivity contribution is -0.128. The van der Waals surface area contributed by atoms with Crippen molar-refractivity contribution in [2.24, 2.45) is 23.2 Å². The lowest BCUT2D eigenvalue weighted by Gasteiger charge is -2.57. The Hall–Kier alpha value is -1.51. The van der Waals surface area contributed by atoms with Gasteiger partial charge in [0.2, 0.25) is 0 Å². The summed E-state index contributed by atoms with van der Waals surface area (Å²) in [5.41, 5.74) is 2.97. The van der Waals surface area contributed by atoms with E-state index in [2.05, 4.69) is 25.2 Å². The molecular weight excluding hydrogens is 334 g/mol. The predicted molar refractivity (Wildman–Crippen MR) is 109 cm³/mol. The Kier molecular flexibility index (Phi) is 5.22. The number of rotatable bonds is 7. The van der Waals surface area contributed by atoms with Crippen molar-refractivity contribution in [1.29, 1.82) is 0 Å². The van der Waals surface area contributed by atoms with Gasteiger partial charge in [-0.1, -0.05) is 13.0 Å². The van der Waals surface area contributed by atoms with E-state index in [0.29, 0.717) is 11.8 Å². The fraction of sp³-hybridized carbons (Fsp3) is 0.708. The average Bonchev–Trinajstić information content (AvgIpc) is 2.61. The van der Waals surface area contributed by atoms with Gasteiger partial charge in [0.05, 0.1) is 0 Å². The zero-order valence-corrected chi connectivity index (χ0v) is 17.2. The predicted octanol–water partition coefficient (Wildman–Crippen LogP) is 5.18. The maximum atomic E-state index is 12.7.